The summed E-state index contributed by atoms with van der Waals surface area (Å²) in [4.78, 5) is 38.0. The molecule has 0 rings (SSSR count). The van der Waals surface area contributed by atoms with Crippen LogP contribution < -0.4 is 0 Å². The Kier molecular flexibility index (Phi) is 48.5. The third kappa shape index (κ3) is 49.1. The van der Waals surface area contributed by atoms with Crippen LogP contribution in [0.2, 0.25) is 0 Å². The molecule has 6 nitrogen and oxygen atoms in total. The number of unbranched alkanes of at least 4 members (excludes halogenated alkanes) is 16. The van der Waals surface area contributed by atoms with Crippen LogP contribution in [0.4, 0.5) is 0 Å². The van der Waals surface area contributed by atoms with Crippen LogP contribution in [0.5, 0.6) is 0 Å². The van der Waals surface area contributed by atoms with E-state index in [1.165, 1.54) is 70.6 Å². The van der Waals surface area contributed by atoms with Gasteiger partial charge in [-0.2, -0.15) is 0 Å². The maximum atomic E-state index is 12.8. The number of rotatable bonds is 45. The molecule has 0 saturated heterocycles. The van der Waals surface area contributed by atoms with Crippen molar-refractivity contribution in [3.63, 3.8) is 0 Å². The molecular weight excluding hydrogens is 793 g/mol. The Hall–Kier alpha value is -3.93. The number of allylic oxidation sites excluding steroid dienone is 18. The summed E-state index contributed by atoms with van der Waals surface area (Å²) in [6, 6.07) is 0. The van der Waals surface area contributed by atoms with E-state index >= 15 is 0 Å². The van der Waals surface area contributed by atoms with Crippen molar-refractivity contribution in [2.45, 2.75) is 226 Å². The van der Waals surface area contributed by atoms with E-state index in [0.29, 0.717) is 19.3 Å². The first kappa shape index (κ1) is 60.1. The summed E-state index contributed by atoms with van der Waals surface area (Å²) in [7, 11) is 0. The van der Waals surface area contributed by atoms with Gasteiger partial charge < -0.3 is 14.2 Å². The van der Waals surface area contributed by atoms with Crippen molar-refractivity contribution in [3.8, 4) is 0 Å². The van der Waals surface area contributed by atoms with Gasteiger partial charge in [0.15, 0.2) is 6.10 Å². The number of hydrogen-bond acceptors (Lipinski definition) is 6. The highest BCUT2D eigenvalue weighted by Crippen LogP contribution is 2.12. The Labute approximate surface area is 393 Å². The second-order valence-corrected chi connectivity index (χ2v) is 16.7. The molecule has 6 heteroatoms. The first-order valence-electron chi connectivity index (χ1n) is 25.9. The highest BCUT2D eigenvalue weighted by molar-refractivity contribution is 5.71. The third-order valence-corrected chi connectivity index (χ3v) is 10.5. The smallest absolute Gasteiger partial charge is 0.306 e. The first-order valence-corrected chi connectivity index (χ1v) is 25.9. The fraction of sp³-hybridized carbons (Fsp3) is 0.638. The van der Waals surface area contributed by atoms with Crippen molar-refractivity contribution in [2.75, 3.05) is 13.2 Å². The van der Waals surface area contributed by atoms with E-state index in [2.05, 4.69) is 130 Å². The summed E-state index contributed by atoms with van der Waals surface area (Å²) >= 11 is 0. The molecule has 1 atom stereocenters. The monoisotopic (exact) mass is 887 g/mol. The van der Waals surface area contributed by atoms with E-state index in [4.69, 9.17) is 14.2 Å². The number of hydrogen-bond donors (Lipinski definition) is 0. The number of ether oxygens (including phenoxy) is 3. The molecule has 0 N–H and O–H groups in total. The van der Waals surface area contributed by atoms with Gasteiger partial charge in [0.1, 0.15) is 13.2 Å². The SMILES string of the molecule is CC/C=C\C/C=C\C/C=C\C/C=C\CCCCC(=O)O[C@@H](COC(=O)CCC/C=C\C/C=C\C/C=C\C/C=C\CCCCC)COC(=O)CCCCCCC/C=C\CCCCCCC. The lowest BCUT2D eigenvalue weighted by Gasteiger charge is -2.18. The summed E-state index contributed by atoms with van der Waals surface area (Å²) in [6.07, 6.45) is 69.3. The van der Waals surface area contributed by atoms with Gasteiger partial charge in [-0.25, -0.2) is 0 Å². The lowest BCUT2D eigenvalue weighted by molar-refractivity contribution is -0.167. The van der Waals surface area contributed by atoms with Gasteiger partial charge in [-0.15, -0.1) is 0 Å². The highest BCUT2D eigenvalue weighted by atomic mass is 16.6. The van der Waals surface area contributed by atoms with Crippen LogP contribution in [0.15, 0.2) is 109 Å². The average molecular weight is 887 g/mol. The molecule has 0 aromatic rings. The fourth-order valence-corrected chi connectivity index (χ4v) is 6.59. The van der Waals surface area contributed by atoms with Gasteiger partial charge in [0.05, 0.1) is 0 Å². The van der Waals surface area contributed by atoms with Crippen molar-refractivity contribution in [3.05, 3.63) is 109 Å². The molecule has 0 aromatic heterocycles. The Morgan fingerprint density at radius 2 is 0.625 bits per heavy atom. The van der Waals surface area contributed by atoms with Gasteiger partial charge in [0, 0.05) is 19.3 Å². The number of carbonyl (C=O) groups is 3. The molecule has 0 saturated carbocycles. The molecule has 0 aliphatic rings. The zero-order chi connectivity index (χ0) is 46.5. The van der Waals surface area contributed by atoms with E-state index in [9.17, 15) is 14.4 Å². The molecule has 0 aliphatic heterocycles. The van der Waals surface area contributed by atoms with Gasteiger partial charge in [-0.1, -0.05) is 188 Å². The summed E-state index contributed by atoms with van der Waals surface area (Å²) in [5.74, 6) is -1.03. The van der Waals surface area contributed by atoms with E-state index in [1.54, 1.807) is 0 Å². The molecular formula is C58H94O6. The largest absolute Gasteiger partial charge is 0.462 e. The summed E-state index contributed by atoms with van der Waals surface area (Å²) in [5.41, 5.74) is 0. The Morgan fingerprint density at radius 3 is 1.09 bits per heavy atom. The van der Waals surface area contributed by atoms with Crippen LogP contribution in [0.1, 0.15) is 220 Å². The highest BCUT2D eigenvalue weighted by Gasteiger charge is 2.19. The quantitative estimate of drug-likeness (QED) is 0.0262. The van der Waals surface area contributed by atoms with E-state index in [-0.39, 0.29) is 44.0 Å². The normalized spacial score (nSPS) is 13.0. The van der Waals surface area contributed by atoms with Crippen LogP contribution in [0.25, 0.3) is 0 Å². The van der Waals surface area contributed by atoms with Crippen molar-refractivity contribution in [1.29, 1.82) is 0 Å². The zero-order valence-electron chi connectivity index (χ0n) is 41.3. The molecule has 0 amide bonds. The third-order valence-electron chi connectivity index (χ3n) is 10.5. The maximum Gasteiger partial charge on any atom is 0.306 e. The lowest BCUT2D eigenvalue weighted by atomic mass is 10.1. The van der Waals surface area contributed by atoms with E-state index in [1.807, 2.05) is 0 Å². The molecule has 0 heterocycles. The average Bonchev–Trinajstić information content (AvgIpc) is 3.29. The zero-order valence-corrected chi connectivity index (χ0v) is 41.3. The van der Waals surface area contributed by atoms with E-state index < -0.39 is 6.10 Å². The van der Waals surface area contributed by atoms with Crippen molar-refractivity contribution < 1.29 is 28.6 Å². The Bertz CT molecular complexity index is 1340. The van der Waals surface area contributed by atoms with Crippen molar-refractivity contribution in [1.82, 2.24) is 0 Å². The van der Waals surface area contributed by atoms with Crippen LogP contribution in [-0.2, 0) is 28.6 Å². The van der Waals surface area contributed by atoms with Crippen LogP contribution in [-0.4, -0.2) is 37.2 Å². The predicted molar refractivity (Wildman–Crippen MR) is 274 cm³/mol. The molecule has 0 spiro atoms. The molecule has 64 heavy (non-hydrogen) atoms. The number of carbonyl (C=O) groups excluding carboxylic acids is 3. The number of esters is 3. The molecule has 0 bridgehead atoms. The second kappa shape index (κ2) is 51.7. The van der Waals surface area contributed by atoms with Gasteiger partial charge in [-0.05, 0) is 122 Å². The van der Waals surface area contributed by atoms with Crippen molar-refractivity contribution in [2.24, 2.45) is 0 Å². The standard InChI is InChI=1S/C58H94O6/c1-4-7-10-13-16-19-22-25-28-29-31-33-36-39-42-45-48-51-57(60)63-54-55(53-62-56(59)50-47-44-41-38-35-32-27-24-21-18-15-12-9-6-3)64-58(61)52-49-46-43-40-37-34-30-26-23-20-17-14-11-8-5-2/h8,11,16-17,19-20,24-28,30-31,33,37,39-40,42,55H,4-7,9-10,12-15,18,21-23,29,32,34-36,38,41,43-54H2,1-3H3/b11-8-,19-16-,20-17-,27-24-,28-25-,30-26-,33-31-,40-37-,42-39-/t55-/m1/s1. The van der Waals surface area contributed by atoms with Crippen LogP contribution in [0, 0.1) is 0 Å². The lowest BCUT2D eigenvalue weighted by Crippen LogP contribution is -2.30. The molecule has 0 aromatic carbocycles. The predicted octanol–water partition coefficient (Wildman–Crippen LogP) is 17.1. The minimum atomic E-state index is -0.826. The van der Waals surface area contributed by atoms with Crippen LogP contribution in [0.3, 0.4) is 0 Å². The van der Waals surface area contributed by atoms with Crippen molar-refractivity contribution >= 4 is 17.9 Å². The Morgan fingerprint density at radius 1 is 0.328 bits per heavy atom. The van der Waals surface area contributed by atoms with Gasteiger partial charge >= 0.3 is 17.9 Å². The molecule has 0 unspecified atom stereocenters. The minimum Gasteiger partial charge on any atom is -0.462 e. The van der Waals surface area contributed by atoms with Gasteiger partial charge in [0.25, 0.3) is 0 Å². The molecule has 0 fully saturated rings. The van der Waals surface area contributed by atoms with Crippen LogP contribution >= 0.6 is 0 Å². The molecule has 0 aliphatic carbocycles. The van der Waals surface area contributed by atoms with E-state index in [0.717, 1.165) is 96.3 Å². The van der Waals surface area contributed by atoms with Gasteiger partial charge in [0.2, 0.25) is 0 Å². The summed E-state index contributed by atoms with van der Waals surface area (Å²) < 4.78 is 16.7. The maximum absolute atomic E-state index is 12.8. The fourth-order valence-electron chi connectivity index (χ4n) is 6.59. The van der Waals surface area contributed by atoms with Gasteiger partial charge in [-0.3, -0.25) is 14.4 Å². The molecule has 362 valence electrons. The molecule has 0 radical (unpaired) electrons. The summed E-state index contributed by atoms with van der Waals surface area (Å²) in [6.45, 7) is 6.38. The Balaban J connectivity index is 4.57. The second-order valence-electron chi connectivity index (χ2n) is 16.7. The minimum absolute atomic E-state index is 0.118. The topological polar surface area (TPSA) is 78.9 Å². The summed E-state index contributed by atoms with van der Waals surface area (Å²) in [5, 5.41) is 0. The first-order chi connectivity index (χ1) is 31.5.